The number of thioether (sulfide) groups is 1. The molecule has 5 heteroatoms. The van der Waals surface area contributed by atoms with E-state index in [0.29, 0.717) is 5.56 Å². The smallest absolute Gasteiger partial charge is 0.336 e. The average Bonchev–Trinajstić information content (AvgIpc) is 2.64. The first-order valence-electron chi connectivity index (χ1n) is 5.45. The van der Waals surface area contributed by atoms with Crippen LogP contribution in [0, 0.1) is 0 Å². The lowest BCUT2D eigenvalue weighted by atomic mass is 10.2. The topological polar surface area (TPSA) is 57.5 Å². The van der Waals surface area contributed by atoms with Crippen molar-refractivity contribution in [2.45, 2.75) is 35.5 Å². The van der Waals surface area contributed by atoms with E-state index in [1.165, 1.54) is 11.8 Å². The lowest BCUT2D eigenvalue weighted by Gasteiger charge is -2.15. The molecule has 0 aromatic heterocycles. The summed E-state index contributed by atoms with van der Waals surface area (Å²) in [6.45, 7) is 0. The number of carbonyl (C=O) groups is 1. The van der Waals surface area contributed by atoms with Crippen LogP contribution in [0.2, 0.25) is 0 Å². The first-order chi connectivity index (χ1) is 8.08. The predicted molar refractivity (Wildman–Crippen MR) is 70.6 cm³/mol. The second-order valence-corrected chi connectivity index (χ2v) is 6.30. The number of aliphatic hydroxyl groups excluding tert-OH is 1. The van der Waals surface area contributed by atoms with Crippen molar-refractivity contribution >= 4 is 33.7 Å². The van der Waals surface area contributed by atoms with Gasteiger partial charge in [0, 0.05) is 14.6 Å². The molecule has 2 unspecified atom stereocenters. The second-order valence-electron chi connectivity index (χ2n) is 4.10. The molecule has 92 valence electrons. The maximum absolute atomic E-state index is 11.1. The number of rotatable bonds is 3. The second kappa shape index (κ2) is 5.42. The number of aromatic carboxylic acids is 1. The van der Waals surface area contributed by atoms with E-state index in [1.807, 2.05) is 0 Å². The molecule has 3 nitrogen and oxygen atoms in total. The minimum atomic E-state index is -0.924. The van der Waals surface area contributed by atoms with Crippen LogP contribution in [-0.4, -0.2) is 27.5 Å². The Morgan fingerprint density at radius 3 is 2.76 bits per heavy atom. The third kappa shape index (κ3) is 3.03. The molecule has 0 saturated heterocycles. The van der Waals surface area contributed by atoms with Gasteiger partial charge in [0.15, 0.2) is 0 Å². The highest BCUT2D eigenvalue weighted by atomic mass is 79.9. The van der Waals surface area contributed by atoms with Gasteiger partial charge in [-0.3, -0.25) is 0 Å². The van der Waals surface area contributed by atoms with E-state index in [2.05, 4.69) is 15.9 Å². The van der Waals surface area contributed by atoms with E-state index in [9.17, 15) is 9.90 Å². The van der Waals surface area contributed by atoms with Crippen LogP contribution in [0.1, 0.15) is 29.6 Å². The molecule has 2 N–H and O–H groups in total. The normalized spacial score (nSPS) is 23.9. The van der Waals surface area contributed by atoms with Crippen molar-refractivity contribution in [3.63, 3.8) is 0 Å². The highest BCUT2D eigenvalue weighted by Gasteiger charge is 2.27. The SMILES string of the molecule is O=C(O)c1ccc(Br)cc1SC1CCCC1O. The summed E-state index contributed by atoms with van der Waals surface area (Å²) in [5.41, 5.74) is 0.303. The maximum Gasteiger partial charge on any atom is 0.336 e. The lowest BCUT2D eigenvalue weighted by molar-refractivity contribution is 0.0693. The van der Waals surface area contributed by atoms with Crippen molar-refractivity contribution in [2.24, 2.45) is 0 Å². The van der Waals surface area contributed by atoms with E-state index in [1.54, 1.807) is 18.2 Å². The molecule has 1 aliphatic rings. The first-order valence-corrected chi connectivity index (χ1v) is 7.13. The van der Waals surface area contributed by atoms with Crippen molar-refractivity contribution in [3.05, 3.63) is 28.2 Å². The number of benzene rings is 1. The molecule has 0 amide bonds. The van der Waals surface area contributed by atoms with Gasteiger partial charge in [-0.05, 0) is 37.5 Å². The Bertz CT molecular complexity index is 436. The van der Waals surface area contributed by atoms with Gasteiger partial charge in [0.05, 0.1) is 11.7 Å². The zero-order valence-corrected chi connectivity index (χ0v) is 11.5. The van der Waals surface area contributed by atoms with Crippen LogP contribution in [0.4, 0.5) is 0 Å². The molecule has 0 bridgehead atoms. The standard InChI is InChI=1S/C12H13BrO3S/c13-7-4-5-8(12(15)16)11(6-7)17-10-3-1-2-9(10)14/h4-6,9-10,14H,1-3H2,(H,15,16). The van der Waals surface area contributed by atoms with Gasteiger partial charge in [-0.2, -0.15) is 0 Å². The van der Waals surface area contributed by atoms with Crippen molar-refractivity contribution in [1.29, 1.82) is 0 Å². The molecule has 1 aromatic rings. The molecule has 1 fully saturated rings. The van der Waals surface area contributed by atoms with E-state index in [4.69, 9.17) is 5.11 Å². The van der Waals surface area contributed by atoms with Gasteiger partial charge in [0.1, 0.15) is 0 Å². The Balaban J connectivity index is 2.24. The summed E-state index contributed by atoms with van der Waals surface area (Å²) in [6.07, 6.45) is 2.45. The molecule has 1 saturated carbocycles. The molecule has 0 spiro atoms. The molecule has 1 aromatic carbocycles. The van der Waals surface area contributed by atoms with Crippen molar-refractivity contribution in [3.8, 4) is 0 Å². The summed E-state index contributed by atoms with van der Waals surface area (Å²) >= 11 is 4.81. The van der Waals surface area contributed by atoms with Crippen LogP contribution in [0.15, 0.2) is 27.6 Å². The van der Waals surface area contributed by atoms with Crippen LogP contribution < -0.4 is 0 Å². The molecule has 2 rings (SSSR count). The third-order valence-corrected chi connectivity index (χ3v) is 4.81. The van der Waals surface area contributed by atoms with E-state index in [-0.39, 0.29) is 11.4 Å². The Morgan fingerprint density at radius 2 is 2.18 bits per heavy atom. The minimum Gasteiger partial charge on any atom is -0.478 e. The molecule has 0 radical (unpaired) electrons. The monoisotopic (exact) mass is 316 g/mol. The van der Waals surface area contributed by atoms with Crippen LogP contribution >= 0.6 is 27.7 Å². The van der Waals surface area contributed by atoms with E-state index >= 15 is 0 Å². The number of hydrogen-bond donors (Lipinski definition) is 2. The number of hydrogen-bond acceptors (Lipinski definition) is 3. The Morgan fingerprint density at radius 1 is 1.41 bits per heavy atom. The molecule has 0 heterocycles. The van der Waals surface area contributed by atoms with Crippen molar-refractivity contribution in [2.75, 3.05) is 0 Å². The quantitative estimate of drug-likeness (QED) is 0.899. The van der Waals surface area contributed by atoms with Crippen molar-refractivity contribution < 1.29 is 15.0 Å². The highest BCUT2D eigenvalue weighted by Crippen LogP contribution is 2.37. The summed E-state index contributed by atoms with van der Waals surface area (Å²) in [4.78, 5) is 11.8. The summed E-state index contributed by atoms with van der Waals surface area (Å²) in [5, 5.41) is 19.0. The fraction of sp³-hybridized carbons (Fsp3) is 0.417. The van der Waals surface area contributed by atoms with Gasteiger partial charge in [-0.15, -0.1) is 11.8 Å². The highest BCUT2D eigenvalue weighted by molar-refractivity contribution is 9.10. The number of halogens is 1. The van der Waals surface area contributed by atoms with Gasteiger partial charge in [-0.25, -0.2) is 4.79 Å². The third-order valence-electron chi connectivity index (χ3n) is 2.87. The largest absolute Gasteiger partial charge is 0.478 e. The lowest BCUT2D eigenvalue weighted by Crippen LogP contribution is -2.15. The van der Waals surface area contributed by atoms with Gasteiger partial charge in [0.25, 0.3) is 0 Å². The number of carboxylic acids is 1. The molecular formula is C12H13BrO3S. The van der Waals surface area contributed by atoms with Gasteiger partial charge in [-0.1, -0.05) is 15.9 Å². The zero-order valence-electron chi connectivity index (χ0n) is 9.10. The van der Waals surface area contributed by atoms with Crippen LogP contribution in [0.25, 0.3) is 0 Å². The number of aliphatic hydroxyl groups is 1. The summed E-state index contributed by atoms with van der Waals surface area (Å²) in [5.74, 6) is -0.924. The molecule has 2 atom stereocenters. The number of carboxylic acid groups (broad SMARTS) is 1. The first kappa shape index (κ1) is 12.9. The maximum atomic E-state index is 11.1. The van der Waals surface area contributed by atoms with Crippen LogP contribution in [-0.2, 0) is 0 Å². The minimum absolute atomic E-state index is 0.113. The fourth-order valence-corrected chi connectivity index (χ4v) is 3.87. The summed E-state index contributed by atoms with van der Waals surface area (Å²) < 4.78 is 0.859. The van der Waals surface area contributed by atoms with Crippen molar-refractivity contribution in [1.82, 2.24) is 0 Å². The Hall–Kier alpha value is -0.520. The predicted octanol–water partition coefficient (Wildman–Crippen LogP) is 3.15. The fourth-order valence-electron chi connectivity index (χ4n) is 1.98. The Kier molecular flexibility index (Phi) is 4.12. The van der Waals surface area contributed by atoms with Gasteiger partial charge >= 0.3 is 5.97 Å². The molecular weight excluding hydrogens is 304 g/mol. The molecule has 1 aliphatic carbocycles. The van der Waals surface area contributed by atoms with Gasteiger partial charge in [0.2, 0.25) is 0 Å². The van der Waals surface area contributed by atoms with Gasteiger partial charge < -0.3 is 10.2 Å². The average molecular weight is 317 g/mol. The van der Waals surface area contributed by atoms with E-state index < -0.39 is 5.97 Å². The summed E-state index contributed by atoms with van der Waals surface area (Å²) in [7, 11) is 0. The van der Waals surface area contributed by atoms with Crippen LogP contribution in [0.5, 0.6) is 0 Å². The molecule has 17 heavy (non-hydrogen) atoms. The molecule has 0 aliphatic heterocycles. The zero-order chi connectivity index (χ0) is 12.4. The van der Waals surface area contributed by atoms with Crippen LogP contribution in [0.3, 0.4) is 0 Å². The Labute approximate surface area is 112 Å². The van der Waals surface area contributed by atoms with E-state index in [0.717, 1.165) is 28.6 Å². The summed E-state index contributed by atoms with van der Waals surface area (Å²) in [6, 6.07) is 5.12.